The monoisotopic (exact) mass is 245 g/mol. The zero-order valence-electron chi connectivity index (χ0n) is 9.97. The zero-order chi connectivity index (χ0) is 13.1. The minimum Gasteiger partial charge on any atom is -0.397 e. The Morgan fingerprint density at radius 1 is 1.50 bits per heavy atom. The number of aromatic nitrogens is 2. The standard InChI is InChI=1S/C12H15N5O/c1-7(9-5-15-16-6-9)17-11-3-2-8(12(14)18)4-10(11)13/h2-7,17H,13H2,1H3,(H2,14,18)(H,15,16). The van der Waals surface area contributed by atoms with Gasteiger partial charge in [0.15, 0.2) is 0 Å². The highest BCUT2D eigenvalue weighted by Crippen LogP contribution is 2.24. The molecule has 0 saturated heterocycles. The molecule has 1 aromatic heterocycles. The van der Waals surface area contributed by atoms with Gasteiger partial charge < -0.3 is 16.8 Å². The zero-order valence-corrected chi connectivity index (χ0v) is 9.97. The van der Waals surface area contributed by atoms with E-state index < -0.39 is 5.91 Å². The van der Waals surface area contributed by atoms with E-state index in [1.807, 2.05) is 13.1 Å². The quantitative estimate of drug-likeness (QED) is 0.608. The van der Waals surface area contributed by atoms with Gasteiger partial charge in [-0.2, -0.15) is 5.10 Å². The molecule has 0 bridgehead atoms. The maximum absolute atomic E-state index is 11.0. The normalized spacial score (nSPS) is 12.1. The van der Waals surface area contributed by atoms with Crippen molar-refractivity contribution in [1.82, 2.24) is 10.2 Å². The Balaban J connectivity index is 2.17. The predicted molar refractivity (Wildman–Crippen MR) is 70.0 cm³/mol. The van der Waals surface area contributed by atoms with Gasteiger partial charge >= 0.3 is 0 Å². The van der Waals surface area contributed by atoms with Crippen LogP contribution in [0.3, 0.4) is 0 Å². The molecule has 2 aromatic rings. The average molecular weight is 245 g/mol. The van der Waals surface area contributed by atoms with Crippen LogP contribution < -0.4 is 16.8 Å². The maximum atomic E-state index is 11.0. The van der Waals surface area contributed by atoms with Crippen LogP contribution in [0.2, 0.25) is 0 Å². The van der Waals surface area contributed by atoms with E-state index in [0.29, 0.717) is 11.3 Å². The third-order valence-electron chi connectivity index (χ3n) is 2.73. The molecule has 0 aliphatic heterocycles. The Labute approximate surface area is 104 Å². The van der Waals surface area contributed by atoms with E-state index in [4.69, 9.17) is 11.5 Å². The van der Waals surface area contributed by atoms with Crippen LogP contribution in [0.5, 0.6) is 0 Å². The molecule has 0 spiro atoms. The van der Waals surface area contributed by atoms with Gasteiger partial charge in [0.05, 0.1) is 23.6 Å². The fourth-order valence-electron chi connectivity index (χ4n) is 1.66. The Kier molecular flexibility index (Phi) is 3.18. The Morgan fingerprint density at radius 2 is 2.28 bits per heavy atom. The number of aromatic amines is 1. The number of hydrogen-bond donors (Lipinski definition) is 4. The van der Waals surface area contributed by atoms with Gasteiger partial charge in [-0.3, -0.25) is 9.89 Å². The van der Waals surface area contributed by atoms with Crippen LogP contribution in [0.25, 0.3) is 0 Å². The lowest BCUT2D eigenvalue weighted by atomic mass is 10.1. The summed E-state index contributed by atoms with van der Waals surface area (Å²) < 4.78 is 0. The predicted octanol–water partition coefficient (Wildman–Crippen LogP) is 1.26. The number of hydrogen-bond acceptors (Lipinski definition) is 4. The second-order valence-corrected chi connectivity index (χ2v) is 4.06. The molecule has 18 heavy (non-hydrogen) atoms. The Morgan fingerprint density at radius 3 is 2.83 bits per heavy atom. The summed E-state index contributed by atoms with van der Waals surface area (Å²) in [6.45, 7) is 1.99. The van der Waals surface area contributed by atoms with Crippen molar-refractivity contribution in [2.75, 3.05) is 11.1 Å². The van der Waals surface area contributed by atoms with Crippen LogP contribution in [0.15, 0.2) is 30.6 Å². The number of H-pyrrole nitrogens is 1. The van der Waals surface area contributed by atoms with Crippen LogP contribution in [-0.2, 0) is 0 Å². The van der Waals surface area contributed by atoms with Gasteiger partial charge in [-0.15, -0.1) is 0 Å². The number of anilines is 2. The van der Waals surface area contributed by atoms with Crippen molar-refractivity contribution >= 4 is 17.3 Å². The number of amides is 1. The summed E-state index contributed by atoms with van der Waals surface area (Å²) in [5, 5.41) is 9.88. The third kappa shape index (κ3) is 2.42. The Bertz CT molecular complexity index is 550. The highest BCUT2D eigenvalue weighted by atomic mass is 16.1. The largest absolute Gasteiger partial charge is 0.397 e. The lowest BCUT2D eigenvalue weighted by molar-refractivity contribution is 0.100. The average Bonchev–Trinajstić information content (AvgIpc) is 2.85. The molecule has 0 fully saturated rings. The summed E-state index contributed by atoms with van der Waals surface area (Å²) in [6.07, 6.45) is 3.55. The van der Waals surface area contributed by atoms with Gasteiger partial charge in [-0.05, 0) is 25.1 Å². The number of carbonyl (C=O) groups is 1. The molecule has 1 heterocycles. The van der Waals surface area contributed by atoms with Crippen molar-refractivity contribution in [3.05, 3.63) is 41.7 Å². The molecule has 0 aliphatic carbocycles. The molecule has 2 rings (SSSR count). The first kappa shape index (κ1) is 12.0. The van der Waals surface area contributed by atoms with Gasteiger partial charge in [0.2, 0.25) is 5.91 Å². The Hall–Kier alpha value is -2.50. The van der Waals surface area contributed by atoms with Gasteiger partial charge in [0, 0.05) is 17.3 Å². The number of primary amides is 1. The third-order valence-corrected chi connectivity index (χ3v) is 2.73. The topological polar surface area (TPSA) is 110 Å². The first-order valence-electron chi connectivity index (χ1n) is 5.52. The highest BCUT2D eigenvalue weighted by Gasteiger charge is 2.09. The molecule has 1 atom stereocenters. The van der Waals surface area contributed by atoms with Crippen molar-refractivity contribution in [2.45, 2.75) is 13.0 Å². The fraction of sp³-hybridized carbons (Fsp3) is 0.167. The summed E-state index contributed by atoms with van der Waals surface area (Å²) >= 11 is 0. The summed E-state index contributed by atoms with van der Waals surface area (Å²) in [7, 11) is 0. The summed E-state index contributed by atoms with van der Waals surface area (Å²) in [6, 6.07) is 5.01. The van der Waals surface area contributed by atoms with E-state index in [0.717, 1.165) is 11.3 Å². The van der Waals surface area contributed by atoms with E-state index >= 15 is 0 Å². The number of nitrogens with zero attached hydrogens (tertiary/aromatic N) is 1. The summed E-state index contributed by atoms with van der Waals surface area (Å²) in [4.78, 5) is 11.0. The van der Waals surface area contributed by atoms with Gasteiger partial charge in [-0.1, -0.05) is 0 Å². The fourth-order valence-corrected chi connectivity index (χ4v) is 1.66. The number of nitrogens with one attached hydrogen (secondary N) is 2. The molecule has 6 N–H and O–H groups in total. The molecule has 1 unspecified atom stereocenters. The molecule has 0 aliphatic rings. The molecule has 1 aromatic carbocycles. The van der Waals surface area contributed by atoms with Crippen LogP contribution in [0, 0.1) is 0 Å². The van der Waals surface area contributed by atoms with Crippen LogP contribution in [-0.4, -0.2) is 16.1 Å². The van der Waals surface area contributed by atoms with Crippen molar-refractivity contribution < 1.29 is 4.79 Å². The molecule has 6 nitrogen and oxygen atoms in total. The van der Waals surface area contributed by atoms with Crippen molar-refractivity contribution in [3.8, 4) is 0 Å². The van der Waals surface area contributed by atoms with Crippen molar-refractivity contribution in [1.29, 1.82) is 0 Å². The van der Waals surface area contributed by atoms with Crippen molar-refractivity contribution in [2.24, 2.45) is 5.73 Å². The number of rotatable bonds is 4. The number of nitrogens with two attached hydrogens (primary N) is 2. The summed E-state index contributed by atoms with van der Waals surface area (Å²) in [5.74, 6) is -0.490. The molecule has 0 saturated carbocycles. The molecule has 0 radical (unpaired) electrons. The van der Waals surface area contributed by atoms with E-state index in [9.17, 15) is 4.79 Å². The van der Waals surface area contributed by atoms with Crippen molar-refractivity contribution in [3.63, 3.8) is 0 Å². The second kappa shape index (κ2) is 4.79. The highest BCUT2D eigenvalue weighted by molar-refractivity contribution is 5.94. The lowest BCUT2D eigenvalue weighted by Crippen LogP contribution is -2.12. The first-order valence-corrected chi connectivity index (χ1v) is 5.52. The van der Waals surface area contributed by atoms with Crippen LogP contribution >= 0.6 is 0 Å². The molecule has 1 amide bonds. The molecule has 94 valence electrons. The van der Waals surface area contributed by atoms with Crippen LogP contribution in [0.1, 0.15) is 28.9 Å². The molecule has 6 heteroatoms. The minimum atomic E-state index is -0.490. The van der Waals surface area contributed by atoms with Gasteiger partial charge in [-0.25, -0.2) is 0 Å². The van der Waals surface area contributed by atoms with Gasteiger partial charge in [0.1, 0.15) is 0 Å². The number of benzene rings is 1. The van der Waals surface area contributed by atoms with Gasteiger partial charge in [0.25, 0.3) is 0 Å². The van der Waals surface area contributed by atoms with E-state index in [-0.39, 0.29) is 6.04 Å². The maximum Gasteiger partial charge on any atom is 0.248 e. The molecular weight excluding hydrogens is 230 g/mol. The molecular formula is C12H15N5O. The number of carbonyl (C=O) groups excluding carboxylic acids is 1. The number of nitrogen functional groups attached to an aromatic ring is 1. The summed E-state index contributed by atoms with van der Waals surface area (Å²) in [5.41, 5.74) is 13.7. The second-order valence-electron chi connectivity index (χ2n) is 4.06. The first-order chi connectivity index (χ1) is 8.58. The van der Waals surface area contributed by atoms with Crippen LogP contribution in [0.4, 0.5) is 11.4 Å². The van der Waals surface area contributed by atoms with E-state index in [1.165, 1.54) is 0 Å². The van der Waals surface area contributed by atoms with E-state index in [1.54, 1.807) is 24.4 Å². The lowest BCUT2D eigenvalue weighted by Gasteiger charge is -2.15. The SMILES string of the molecule is CC(Nc1ccc(C(N)=O)cc1N)c1cn[nH]c1. The smallest absolute Gasteiger partial charge is 0.248 e. The van der Waals surface area contributed by atoms with E-state index in [2.05, 4.69) is 15.5 Å². The minimum absolute atomic E-state index is 0.0606.